The first-order valence-electron chi connectivity index (χ1n) is 7.66. The Bertz CT molecular complexity index is 585. The average Bonchev–Trinajstić information content (AvgIpc) is 2.56. The number of aliphatic hydroxyl groups is 1. The van der Waals surface area contributed by atoms with Gasteiger partial charge in [0, 0.05) is 11.2 Å². The normalized spacial score (nSPS) is 12.2. The molecule has 0 aromatic heterocycles. The van der Waals surface area contributed by atoms with Crippen molar-refractivity contribution in [1.29, 1.82) is 0 Å². The second-order valence-corrected chi connectivity index (χ2v) is 7.19. The standard InChI is InChI=1S/C17H23NO6S/c1-17(2,3)15(21)25-10-13(18-16(22)24-11-19)14(20)23-9-12-7-5-4-6-8-12/h4-8,13,19H,9-11H2,1-3H3,(H,18,22)/t13-/m0/s1. The van der Waals surface area contributed by atoms with Gasteiger partial charge in [-0.1, -0.05) is 62.9 Å². The van der Waals surface area contributed by atoms with E-state index in [1.165, 1.54) is 0 Å². The number of carbonyl (C=O) groups is 3. The summed E-state index contributed by atoms with van der Waals surface area (Å²) in [6.07, 6.45) is -0.965. The van der Waals surface area contributed by atoms with Gasteiger partial charge in [0.1, 0.15) is 12.6 Å². The highest BCUT2D eigenvalue weighted by Crippen LogP contribution is 2.23. The van der Waals surface area contributed by atoms with E-state index in [0.717, 1.165) is 17.3 Å². The number of nitrogens with one attached hydrogen (secondary N) is 1. The summed E-state index contributed by atoms with van der Waals surface area (Å²) in [6.45, 7) is 4.52. The summed E-state index contributed by atoms with van der Waals surface area (Å²) >= 11 is 0.929. The number of carbonyl (C=O) groups excluding carboxylic acids is 3. The fourth-order valence-electron chi connectivity index (χ4n) is 1.62. The van der Waals surface area contributed by atoms with Crippen molar-refractivity contribution in [2.24, 2.45) is 5.41 Å². The number of hydrogen-bond donors (Lipinski definition) is 2. The number of benzene rings is 1. The number of alkyl carbamates (subject to hydrolysis) is 1. The molecule has 0 fully saturated rings. The maximum atomic E-state index is 12.2. The molecule has 1 aromatic carbocycles. The molecule has 8 heteroatoms. The third-order valence-electron chi connectivity index (χ3n) is 2.99. The molecule has 1 aromatic rings. The Kier molecular flexibility index (Phi) is 8.44. The molecule has 7 nitrogen and oxygen atoms in total. The van der Waals surface area contributed by atoms with Crippen LogP contribution in [0, 0.1) is 5.41 Å². The monoisotopic (exact) mass is 369 g/mol. The number of aliphatic hydroxyl groups excluding tert-OH is 1. The van der Waals surface area contributed by atoms with Crippen LogP contribution < -0.4 is 5.32 Å². The fourth-order valence-corrected chi connectivity index (χ4v) is 2.59. The molecule has 0 radical (unpaired) electrons. The van der Waals surface area contributed by atoms with Crippen molar-refractivity contribution in [3.63, 3.8) is 0 Å². The SMILES string of the molecule is CC(C)(C)C(=O)SC[C@H](NC(=O)OCO)C(=O)OCc1ccccc1. The van der Waals surface area contributed by atoms with Crippen molar-refractivity contribution in [3.05, 3.63) is 35.9 Å². The summed E-state index contributed by atoms with van der Waals surface area (Å²) in [5, 5.41) is 10.8. The lowest BCUT2D eigenvalue weighted by Crippen LogP contribution is -2.44. The lowest BCUT2D eigenvalue weighted by atomic mass is 10.00. The van der Waals surface area contributed by atoms with E-state index in [9.17, 15) is 14.4 Å². The number of hydrogen-bond acceptors (Lipinski definition) is 7. The first kappa shape index (κ1) is 21.0. The number of esters is 1. The molecule has 1 atom stereocenters. The largest absolute Gasteiger partial charge is 0.459 e. The molecule has 0 bridgehead atoms. The van der Waals surface area contributed by atoms with Gasteiger partial charge in [0.2, 0.25) is 0 Å². The van der Waals surface area contributed by atoms with Crippen LogP contribution in [-0.4, -0.2) is 40.9 Å². The predicted molar refractivity (Wildman–Crippen MR) is 93.6 cm³/mol. The summed E-state index contributed by atoms with van der Waals surface area (Å²) in [4.78, 5) is 35.7. The maximum absolute atomic E-state index is 12.2. The second-order valence-electron chi connectivity index (χ2n) is 6.20. The smallest absolute Gasteiger partial charge is 0.409 e. The van der Waals surface area contributed by atoms with Gasteiger partial charge in [-0.05, 0) is 5.56 Å². The molecule has 0 aliphatic heterocycles. The van der Waals surface area contributed by atoms with Gasteiger partial charge in [0.25, 0.3) is 0 Å². The highest BCUT2D eigenvalue weighted by molar-refractivity contribution is 8.13. The van der Waals surface area contributed by atoms with Crippen LogP contribution in [0.1, 0.15) is 26.3 Å². The second kappa shape index (κ2) is 10.0. The molecule has 25 heavy (non-hydrogen) atoms. The number of ether oxygens (including phenoxy) is 2. The van der Waals surface area contributed by atoms with Crippen LogP contribution in [0.5, 0.6) is 0 Å². The Hall–Kier alpha value is -2.06. The van der Waals surface area contributed by atoms with Gasteiger partial charge in [-0.2, -0.15) is 0 Å². The Balaban J connectivity index is 2.66. The summed E-state index contributed by atoms with van der Waals surface area (Å²) in [7, 11) is 0. The fraction of sp³-hybridized carbons (Fsp3) is 0.471. The first-order chi connectivity index (χ1) is 11.7. The maximum Gasteiger partial charge on any atom is 0.409 e. The predicted octanol–water partition coefficient (Wildman–Crippen LogP) is 2.08. The zero-order valence-corrected chi connectivity index (χ0v) is 15.3. The van der Waals surface area contributed by atoms with Crippen molar-refractivity contribution in [2.75, 3.05) is 12.5 Å². The van der Waals surface area contributed by atoms with Gasteiger partial charge in [-0.25, -0.2) is 9.59 Å². The summed E-state index contributed by atoms with van der Waals surface area (Å²) in [5.41, 5.74) is 0.223. The van der Waals surface area contributed by atoms with E-state index in [-0.39, 0.29) is 17.5 Å². The Morgan fingerprint density at radius 3 is 2.36 bits per heavy atom. The third-order valence-corrected chi connectivity index (χ3v) is 4.36. The molecule has 0 aliphatic rings. The molecule has 138 valence electrons. The van der Waals surface area contributed by atoms with Crippen LogP contribution in [0.15, 0.2) is 30.3 Å². The molecular weight excluding hydrogens is 346 g/mol. The molecule has 1 amide bonds. The van der Waals surface area contributed by atoms with Gasteiger partial charge in [0.15, 0.2) is 11.9 Å². The Morgan fingerprint density at radius 1 is 1.16 bits per heavy atom. The van der Waals surface area contributed by atoms with E-state index in [2.05, 4.69) is 10.1 Å². The van der Waals surface area contributed by atoms with Crippen molar-refractivity contribution in [3.8, 4) is 0 Å². The minimum atomic E-state index is -1.07. The Labute approximate surface area is 151 Å². The lowest BCUT2D eigenvalue weighted by Gasteiger charge is -2.19. The first-order valence-corrected chi connectivity index (χ1v) is 8.64. The lowest BCUT2D eigenvalue weighted by molar-refractivity contribution is -0.146. The Morgan fingerprint density at radius 2 is 1.80 bits per heavy atom. The number of thioether (sulfide) groups is 1. The molecule has 0 unspecified atom stereocenters. The van der Waals surface area contributed by atoms with E-state index in [1.54, 1.807) is 32.9 Å². The van der Waals surface area contributed by atoms with Crippen LogP contribution in [0.4, 0.5) is 4.79 Å². The highest BCUT2D eigenvalue weighted by atomic mass is 32.2. The summed E-state index contributed by atoms with van der Waals surface area (Å²) < 4.78 is 9.55. The van der Waals surface area contributed by atoms with Crippen molar-refractivity contribution in [2.45, 2.75) is 33.4 Å². The van der Waals surface area contributed by atoms with Gasteiger partial charge in [-0.3, -0.25) is 4.79 Å². The van der Waals surface area contributed by atoms with Gasteiger partial charge < -0.3 is 19.9 Å². The average molecular weight is 369 g/mol. The van der Waals surface area contributed by atoms with Crippen molar-refractivity contribution >= 4 is 28.9 Å². The molecule has 0 saturated heterocycles. The summed E-state index contributed by atoms with van der Waals surface area (Å²) in [6, 6.07) is 8.00. The zero-order valence-electron chi connectivity index (χ0n) is 14.5. The topological polar surface area (TPSA) is 102 Å². The molecule has 0 saturated carbocycles. The van der Waals surface area contributed by atoms with E-state index in [0.29, 0.717) is 0 Å². The van der Waals surface area contributed by atoms with Crippen molar-refractivity contribution < 1.29 is 29.0 Å². The quantitative estimate of drug-likeness (QED) is 0.560. The van der Waals surface area contributed by atoms with Crippen LogP contribution in [0.25, 0.3) is 0 Å². The molecule has 1 rings (SSSR count). The van der Waals surface area contributed by atoms with E-state index in [4.69, 9.17) is 9.84 Å². The minimum absolute atomic E-state index is 0.00422. The zero-order chi connectivity index (χ0) is 18.9. The van der Waals surface area contributed by atoms with Crippen LogP contribution in [-0.2, 0) is 25.7 Å². The highest BCUT2D eigenvalue weighted by Gasteiger charge is 2.28. The minimum Gasteiger partial charge on any atom is -0.459 e. The van der Waals surface area contributed by atoms with Gasteiger partial charge >= 0.3 is 12.1 Å². The van der Waals surface area contributed by atoms with Gasteiger partial charge in [-0.15, -0.1) is 0 Å². The van der Waals surface area contributed by atoms with E-state index < -0.39 is 30.3 Å². The van der Waals surface area contributed by atoms with Crippen LogP contribution in [0.2, 0.25) is 0 Å². The molecule has 0 heterocycles. The number of rotatable bonds is 7. The van der Waals surface area contributed by atoms with E-state index >= 15 is 0 Å². The van der Waals surface area contributed by atoms with Crippen LogP contribution in [0.3, 0.4) is 0 Å². The van der Waals surface area contributed by atoms with E-state index in [1.807, 2.05) is 18.2 Å². The molecule has 2 N–H and O–H groups in total. The molecule has 0 aliphatic carbocycles. The molecular formula is C17H23NO6S. The number of amides is 1. The van der Waals surface area contributed by atoms with Crippen LogP contribution >= 0.6 is 11.8 Å². The van der Waals surface area contributed by atoms with Gasteiger partial charge in [0.05, 0.1) is 0 Å². The third kappa shape index (κ3) is 8.04. The molecule has 0 spiro atoms. The summed E-state index contributed by atoms with van der Waals surface area (Å²) in [5.74, 6) is -0.683. The van der Waals surface area contributed by atoms with Crippen molar-refractivity contribution in [1.82, 2.24) is 5.32 Å².